The van der Waals surface area contributed by atoms with Crippen molar-refractivity contribution in [3.05, 3.63) is 46.8 Å². The number of pyridine rings is 1. The molecule has 0 saturated carbocycles. The molecule has 0 aliphatic heterocycles. The fraction of sp³-hybridized carbons (Fsp3) is 0.694. The summed E-state index contributed by atoms with van der Waals surface area (Å²) in [5.74, 6) is -1.19. The number of ether oxygens (including phenoxy) is 2. The van der Waals surface area contributed by atoms with Gasteiger partial charge in [-0.3, -0.25) is 23.9 Å². The van der Waals surface area contributed by atoms with E-state index in [1.54, 1.807) is 17.8 Å². The van der Waals surface area contributed by atoms with Crippen LogP contribution in [-0.4, -0.2) is 52.0 Å². The number of carbonyl (C=O) groups is 2. The van der Waals surface area contributed by atoms with Gasteiger partial charge in [-0.2, -0.15) is 0 Å². The van der Waals surface area contributed by atoms with Crippen LogP contribution in [0.4, 0.5) is 0 Å². The van der Waals surface area contributed by atoms with Crippen molar-refractivity contribution in [2.24, 2.45) is 34.5 Å². The highest BCUT2D eigenvalue weighted by molar-refractivity contribution is 5.73. The maximum atomic E-state index is 13.4. The monoisotopic (exact) mass is 667 g/mol. The second kappa shape index (κ2) is 16.5. The average molecular weight is 668 g/mol. The van der Waals surface area contributed by atoms with E-state index in [0.29, 0.717) is 55.6 Å². The molecule has 48 heavy (non-hydrogen) atoms. The predicted octanol–water partition coefficient (Wildman–Crippen LogP) is 6.27. The molecule has 0 aliphatic carbocycles. The van der Waals surface area contributed by atoms with Crippen molar-refractivity contribution in [2.45, 2.75) is 128 Å². The molecule has 0 aromatic carbocycles. The first kappa shape index (κ1) is 38.6. The Kier molecular flexibility index (Phi) is 13.3. The second-order valence-electron chi connectivity index (χ2n) is 16.4. The fourth-order valence-electron chi connectivity index (χ4n) is 5.66. The first-order valence-electron chi connectivity index (χ1n) is 17.1. The summed E-state index contributed by atoms with van der Waals surface area (Å²) in [6.07, 6.45) is 7.36. The van der Waals surface area contributed by atoms with Crippen LogP contribution in [0.15, 0.2) is 18.6 Å². The minimum absolute atomic E-state index is 0.0424. The Labute approximate surface area is 286 Å². The summed E-state index contributed by atoms with van der Waals surface area (Å²) in [5.41, 5.74) is 2.78. The first-order valence-corrected chi connectivity index (χ1v) is 17.1. The van der Waals surface area contributed by atoms with E-state index in [-0.39, 0.29) is 53.6 Å². The molecule has 1 N–H and O–H groups in total. The van der Waals surface area contributed by atoms with E-state index in [4.69, 9.17) is 9.47 Å². The van der Waals surface area contributed by atoms with Gasteiger partial charge in [0.05, 0.1) is 28.9 Å². The third-order valence-corrected chi connectivity index (χ3v) is 7.69. The number of aryl methyl sites for hydroxylation is 1. The van der Waals surface area contributed by atoms with Gasteiger partial charge in [-0.05, 0) is 42.4 Å². The zero-order valence-corrected chi connectivity index (χ0v) is 30.9. The highest BCUT2D eigenvalue weighted by Gasteiger charge is 2.27. The van der Waals surface area contributed by atoms with Gasteiger partial charge in [0.2, 0.25) is 0 Å². The van der Waals surface area contributed by atoms with E-state index in [9.17, 15) is 14.7 Å². The molecule has 0 saturated heterocycles. The Hall–Kier alpha value is -3.83. The van der Waals surface area contributed by atoms with Crippen LogP contribution in [0.1, 0.15) is 110 Å². The Bertz CT molecular complexity index is 1500. The molecule has 266 valence electrons. The fourth-order valence-corrected chi connectivity index (χ4v) is 5.66. The zero-order chi connectivity index (χ0) is 35.8. The van der Waals surface area contributed by atoms with Gasteiger partial charge in [0.15, 0.2) is 0 Å². The maximum absolute atomic E-state index is 13.4. The van der Waals surface area contributed by atoms with E-state index in [1.165, 1.54) is 0 Å². The summed E-state index contributed by atoms with van der Waals surface area (Å²) in [5, 5.41) is 28.0. The van der Waals surface area contributed by atoms with E-state index < -0.39 is 11.8 Å². The van der Waals surface area contributed by atoms with Crippen LogP contribution >= 0.6 is 0 Å². The first-order chi connectivity index (χ1) is 22.3. The largest absolute Gasteiger partial charge is 0.506 e. The van der Waals surface area contributed by atoms with E-state index in [2.05, 4.69) is 94.8 Å². The molecule has 0 fully saturated rings. The summed E-state index contributed by atoms with van der Waals surface area (Å²) < 4.78 is 15.2. The van der Waals surface area contributed by atoms with E-state index >= 15 is 0 Å². The van der Waals surface area contributed by atoms with Crippen LogP contribution in [0, 0.1) is 41.4 Å². The van der Waals surface area contributed by atoms with Crippen molar-refractivity contribution < 1.29 is 24.2 Å². The summed E-state index contributed by atoms with van der Waals surface area (Å²) in [6.45, 7) is 23.8. The molecule has 12 heteroatoms. The molecule has 3 aromatic heterocycles. The molecule has 0 aliphatic rings. The number of aromatic hydroxyl groups is 1. The lowest BCUT2D eigenvalue weighted by Crippen LogP contribution is -2.23. The molecule has 3 rings (SSSR count). The van der Waals surface area contributed by atoms with Gasteiger partial charge < -0.3 is 14.6 Å². The lowest BCUT2D eigenvalue weighted by Gasteiger charge is -2.20. The minimum atomic E-state index is -0.436. The lowest BCUT2D eigenvalue weighted by atomic mass is 9.93. The van der Waals surface area contributed by atoms with Crippen molar-refractivity contribution in [1.29, 1.82) is 0 Å². The van der Waals surface area contributed by atoms with E-state index in [0.717, 1.165) is 11.4 Å². The number of aromatic nitrogens is 7. The summed E-state index contributed by atoms with van der Waals surface area (Å²) in [7, 11) is 0. The quantitative estimate of drug-likeness (QED) is 0.173. The van der Waals surface area contributed by atoms with Crippen LogP contribution in [0.3, 0.4) is 0 Å². The SMILES string of the molecule is Cc1ncc(COC(=O)C(Cc2cn(CC(C)(C)C)nn2)CC(C)C)c(COC(=O)C(Cc2cn(CC(C)(C)C)nn2)CC(C)C)c1O. The number of esters is 2. The van der Waals surface area contributed by atoms with Crippen LogP contribution in [0.5, 0.6) is 5.75 Å². The Balaban J connectivity index is 1.70. The number of rotatable bonds is 16. The number of nitrogens with zero attached hydrogens (tertiary/aromatic N) is 7. The number of carbonyl (C=O) groups excluding carboxylic acids is 2. The molecule has 2 atom stereocenters. The van der Waals surface area contributed by atoms with Crippen LogP contribution < -0.4 is 0 Å². The highest BCUT2D eigenvalue weighted by atomic mass is 16.5. The van der Waals surface area contributed by atoms with Gasteiger partial charge in [-0.15, -0.1) is 10.2 Å². The second-order valence-corrected chi connectivity index (χ2v) is 16.4. The molecule has 3 aromatic rings. The summed E-state index contributed by atoms with van der Waals surface area (Å²) in [6, 6.07) is 0. The summed E-state index contributed by atoms with van der Waals surface area (Å²) in [4.78, 5) is 31.1. The zero-order valence-electron chi connectivity index (χ0n) is 30.9. The molecule has 2 unspecified atom stereocenters. The molecule has 0 radical (unpaired) electrons. The molecule has 3 heterocycles. The molecular weight excluding hydrogens is 610 g/mol. The standard InChI is InChI=1S/C36H57N7O5/c1-23(2)12-26(14-29-17-42(40-38-29)21-35(6,7)8)33(45)47-19-28-16-37-25(5)32(44)31(28)20-48-34(46)27(13-24(3)4)15-30-18-43(41-39-30)22-36(9,10)11/h16-18,23-24,26-27,44H,12-15,19-22H2,1-11H3. The molecular formula is C36H57N7O5. The summed E-state index contributed by atoms with van der Waals surface area (Å²) >= 11 is 0. The lowest BCUT2D eigenvalue weighted by molar-refractivity contribution is -0.152. The van der Waals surface area contributed by atoms with Gasteiger partial charge in [-0.25, -0.2) is 0 Å². The molecule has 0 amide bonds. The van der Waals surface area contributed by atoms with Gasteiger partial charge in [0.1, 0.15) is 19.0 Å². The van der Waals surface area contributed by atoms with Gasteiger partial charge in [-0.1, -0.05) is 79.7 Å². The highest BCUT2D eigenvalue weighted by Crippen LogP contribution is 2.28. The van der Waals surface area contributed by atoms with Gasteiger partial charge >= 0.3 is 11.9 Å². The van der Waals surface area contributed by atoms with Crippen LogP contribution in [0.25, 0.3) is 0 Å². The van der Waals surface area contributed by atoms with Crippen molar-refractivity contribution in [3.8, 4) is 5.75 Å². The topological polar surface area (TPSA) is 147 Å². The van der Waals surface area contributed by atoms with Crippen molar-refractivity contribution >= 4 is 11.9 Å². The Morgan fingerprint density at radius 2 is 1.21 bits per heavy atom. The van der Waals surface area contributed by atoms with E-state index in [1.807, 2.05) is 17.1 Å². The van der Waals surface area contributed by atoms with Crippen molar-refractivity contribution in [2.75, 3.05) is 0 Å². The van der Waals surface area contributed by atoms with Crippen LogP contribution in [-0.2, 0) is 58.2 Å². The van der Waals surface area contributed by atoms with Gasteiger partial charge in [0, 0.05) is 55.6 Å². The van der Waals surface area contributed by atoms with Gasteiger partial charge in [0.25, 0.3) is 0 Å². The predicted molar refractivity (Wildman–Crippen MR) is 182 cm³/mol. The minimum Gasteiger partial charge on any atom is -0.506 e. The molecule has 12 nitrogen and oxygen atoms in total. The smallest absolute Gasteiger partial charge is 0.309 e. The third-order valence-electron chi connectivity index (χ3n) is 7.69. The van der Waals surface area contributed by atoms with Crippen molar-refractivity contribution in [1.82, 2.24) is 35.0 Å². The number of hydrogen-bond donors (Lipinski definition) is 1. The average Bonchev–Trinajstić information content (AvgIpc) is 3.58. The normalized spacial score (nSPS) is 13.6. The van der Waals surface area contributed by atoms with Crippen molar-refractivity contribution in [3.63, 3.8) is 0 Å². The molecule has 0 bridgehead atoms. The Morgan fingerprint density at radius 1 is 0.771 bits per heavy atom. The Morgan fingerprint density at radius 3 is 1.62 bits per heavy atom. The molecule has 0 spiro atoms. The third kappa shape index (κ3) is 12.6. The van der Waals surface area contributed by atoms with Crippen LogP contribution in [0.2, 0.25) is 0 Å². The number of hydrogen-bond acceptors (Lipinski definition) is 10. The maximum Gasteiger partial charge on any atom is 0.309 e.